The van der Waals surface area contributed by atoms with Crippen molar-refractivity contribution in [1.82, 2.24) is 15.1 Å². The van der Waals surface area contributed by atoms with Gasteiger partial charge in [-0.3, -0.25) is 5.10 Å². The van der Waals surface area contributed by atoms with E-state index in [-0.39, 0.29) is 0 Å². The third-order valence-corrected chi connectivity index (χ3v) is 5.14. The summed E-state index contributed by atoms with van der Waals surface area (Å²) >= 11 is 0. The Morgan fingerprint density at radius 3 is 2.74 bits per heavy atom. The molecule has 1 saturated heterocycles. The van der Waals surface area contributed by atoms with E-state index < -0.39 is 0 Å². The van der Waals surface area contributed by atoms with Crippen molar-refractivity contribution in [3.63, 3.8) is 0 Å². The van der Waals surface area contributed by atoms with Gasteiger partial charge >= 0.3 is 0 Å². The summed E-state index contributed by atoms with van der Waals surface area (Å²) < 4.78 is 0. The number of hydrogen-bond donors (Lipinski definition) is 1. The maximum absolute atomic E-state index is 4.31. The topological polar surface area (TPSA) is 31.9 Å². The van der Waals surface area contributed by atoms with Gasteiger partial charge in [0.15, 0.2) is 0 Å². The van der Waals surface area contributed by atoms with E-state index in [1.165, 1.54) is 36.2 Å². The second-order valence-electron chi connectivity index (χ2n) is 7.30. The molecule has 0 aliphatic carbocycles. The lowest BCUT2D eigenvalue weighted by molar-refractivity contribution is 0.197. The molecule has 2 heterocycles. The Kier molecular flexibility index (Phi) is 5.16. The van der Waals surface area contributed by atoms with Crippen molar-refractivity contribution in [3.05, 3.63) is 53.3 Å². The smallest absolute Gasteiger partial charge is 0.0524 e. The van der Waals surface area contributed by atoms with Crippen LogP contribution in [0.25, 0.3) is 0 Å². The molecule has 0 unspecified atom stereocenters. The molecule has 2 aromatic rings. The van der Waals surface area contributed by atoms with E-state index in [4.69, 9.17) is 0 Å². The zero-order chi connectivity index (χ0) is 16.2. The number of H-pyrrole nitrogens is 1. The Hall–Kier alpha value is -1.61. The number of nitrogens with zero attached hydrogens (tertiary/aromatic N) is 2. The first-order valence-corrected chi connectivity index (χ1v) is 8.95. The molecule has 0 bridgehead atoms. The lowest BCUT2D eigenvalue weighted by atomic mass is 9.89. The molecule has 0 saturated carbocycles. The molecule has 0 amide bonds. The van der Waals surface area contributed by atoms with Gasteiger partial charge in [0.1, 0.15) is 0 Å². The molecule has 3 nitrogen and oxygen atoms in total. The molecule has 1 N–H and O–H groups in total. The minimum absolute atomic E-state index is 0.544. The number of aromatic amines is 1. The van der Waals surface area contributed by atoms with E-state index in [1.54, 1.807) is 0 Å². The number of hydrogen-bond acceptors (Lipinski definition) is 2. The Balaban J connectivity index is 1.65. The monoisotopic (exact) mass is 311 g/mol. The molecule has 23 heavy (non-hydrogen) atoms. The van der Waals surface area contributed by atoms with Gasteiger partial charge in [0.2, 0.25) is 0 Å². The Bertz CT molecular complexity index is 602. The third-order valence-electron chi connectivity index (χ3n) is 5.14. The van der Waals surface area contributed by atoms with Crippen molar-refractivity contribution in [1.29, 1.82) is 0 Å². The van der Waals surface area contributed by atoms with Crippen molar-refractivity contribution in [2.75, 3.05) is 19.6 Å². The summed E-state index contributed by atoms with van der Waals surface area (Å²) in [5.74, 6) is 1.73. The summed E-state index contributed by atoms with van der Waals surface area (Å²) in [5.41, 5.74) is 4.21. The lowest BCUT2D eigenvalue weighted by Crippen LogP contribution is -2.37. The third kappa shape index (κ3) is 3.84. The van der Waals surface area contributed by atoms with Crippen LogP contribution in [0.5, 0.6) is 0 Å². The first-order valence-electron chi connectivity index (χ1n) is 8.95. The molecular weight excluding hydrogens is 282 g/mol. The fraction of sp³-hybridized carbons (Fsp3) is 0.550. The van der Waals surface area contributed by atoms with Gasteiger partial charge in [-0.2, -0.15) is 5.10 Å². The molecule has 1 fully saturated rings. The molecule has 2 atom stereocenters. The normalized spacial score (nSPS) is 20.8. The van der Waals surface area contributed by atoms with E-state index in [0.29, 0.717) is 17.8 Å². The summed E-state index contributed by atoms with van der Waals surface area (Å²) in [6.45, 7) is 10.4. The summed E-state index contributed by atoms with van der Waals surface area (Å²) in [5, 5.41) is 7.59. The molecule has 124 valence electrons. The van der Waals surface area contributed by atoms with Gasteiger partial charge in [-0.05, 0) is 42.3 Å². The number of nitrogens with one attached hydrogen (secondary N) is 1. The molecule has 1 aliphatic rings. The van der Waals surface area contributed by atoms with Gasteiger partial charge in [0.05, 0.1) is 6.20 Å². The first-order chi connectivity index (χ1) is 11.1. The molecule has 0 radical (unpaired) electrons. The molecule has 3 heteroatoms. The lowest BCUT2D eigenvalue weighted by Gasteiger charge is -2.34. The zero-order valence-corrected chi connectivity index (χ0v) is 14.6. The highest BCUT2D eigenvalue weighted by molar-refractivity contribution is 5.25. The molecule has 3 rings (SSSR count). The van der Waals surface area contributed by atoms with Crippen molar-refractivity contribution in [2.45, 2.75) is 51.4 Å². The summed E-state index contributed by atoms with van der Waals surface area (Å²) in [6, 6.07) is 10.9. The highest BCUT2D eigenvalue weighted by atomic mass is 15.2. The largest absolute Gasteiger partial charge is 0.302 e. The fourth-order valence-corrected chi connectivity index (χ4v) is 3.82. The summed E-state index contributed by atoms with van der Waals surface area (Å²) in [6.07, 6.45) is 4.58. The van der Waals surface area contributed by atoms with E-state index in [9.17, 15) is 0 Å². The van der Waals surface area contributed by atoms with Crippen LogP contribution in [-0.4, -0.2) is 34.7 Å². The Morgan fingerprint density at radius 2 is 2.00 bits per heavy atom. The standard InChI is InChI=1S/C20H29N3/c1-15(2)19-12-21-22-20(19)18-10-7-11-23(14-18)13-16(3)17-8-5-4-6-9-17/h4-6,8-9,12,15-16,18H,7,10-11,13-14H2,1-3H3,(H,21,22)/t16-,18+/m1/s1. The van der Waals surface area contributed by atoms with Gasteiger partial charge in [-0.1, -0.05) is 51.1 Å². The average Bonchev–Trinajstić information content (AvgIpc) is 3.06. The fourth-order valence-electron chi connectivity index (χ4n) is 3.82. The average molecular weight is 311 g/mol. The second-order valence-corrected chi connectivity index (χ2v) is 7.30. The van der Waals surface area contributed by atoms with Crippen molar-refractivity contribution >= 4 is 0 Å². The summed E-state index contributed by atoms with van der Waals surface area (Å²) in [4.78, 5) is 2.64. The van der Waals surface area contributed by atoms with Crippen LogP contribution in [0.1, 0.15) is 68.2 Å². The van der Waals surface area contributed by atoms with Crippen molar-refractivity contribution in [2.24, 2.45) is 0 Å². The van der Waals surface area contributed by atoms with Gasteiger partial charge in [-0.25, -0.2) is 0 Å². The van der Waals surface area contributed by atoms with E-state index in [2.05, 4.69) is 66.2 Å². The van der Waals surface area contributed by atoms with Crippen LogP contribution in [0, 0.1) is 0 Å². The molecule has 0 spiro atoms. The highest BCUT2D eigenvalue weighted by Gasteiger charge is 2.26. The molecule has 1 aliphatic heterocycles. The van der Waals surface area contributed by atoms with Crippen LogP contribution in [0.2, 0.25) is 0 Å². The number of benzene rings is 1. The van der Waals surface area contributed by atoms with Gasteiger partial charge in [0, 0.05) is 24.7 Å². The highest BCUT2D eigenvalue weighted by Crippen LogP contribution is 2.31. The van der Waals surface area contributed by atoms with Crippen LogP contribution < -0.4 is 0 Å². The Morgan fingerprint density at radius 1 is 1.22 bits per heavy atom. The minimum Gasteiger partial charge on any atom is -0.302 e. The van der Waals surface area contributed by atoms with E-state index >= 15 is 0 Å². The second kappa shape index (κ2) is 7.31. The van der Waals surface area contributed by atoms with E-state index in [1.807, 2.05) is 6.20 Å². The number of aromatic nitrogens is 2. The minimum atomic E-state index is 0.544. The van der Waals surface area contributed by atoms with Crippen LogP contribution in [-0.2, 0) is 0 Å². The number of likely N-dealkylation sites (tertiary alicyclic amines) is 1. The van der Waals surface area contributed by atoms with Crippen LogP contribution in [0.15, 0.2) is 36.5 Å². The van der Waals surface area contributed by atoms with Crippen LogP contribution >= 0.6 is 0 Å². The molecule has 1 aromatic carbocycles. The van der Waals surface area contributed by atoms with Crippen LogP contribution in [0.4, 0.5) is 0 Å². The SMILES string of the molecule is CC(C)c1cn[nH]c1[C@H]1CCCN(C[C@@H](C)c2ccccc2)C1. The number of piperidine rings is 1. The van der Waals surface area contributed by atoms with Crippen molar-refractivity contribution < 1.29 is 0 Å². The van der Waals surface area contributed by atoms with E-state index in [0.717, 1.165) is 13.1 Å². The molecular formula is C20H29N3. The maximum Gasteiger partial charge on any atom is 0.0524 e. The zero-order valence-electron chi connectivity index (χ0n) is 14.6. The quantitative estimate of drug-likeness (QED) is 0.880. The summed E-state index contributed by atoms with van der Waals surface area (Å²) in [7, 11) is 0. The predicted octanol–water partition coefficient (Wildman–Crippen LogP) is 4.52. The molecule has 1 aromatic heterocycles. The maximum atomic E-state index is 4.31. The van der Waals surface area contributed by atoms with Gasteiger partial charge in [-0.15, -0.1) is 0 Å². The van der Waals surface area contributed by atoms with Gasteiger partial charge in [0.25, 0.3) is 0 Å². The van der Waals surface area contributed by atoms with Crippen molar-refractivity contribution in [3.8, 4) is 0 Å². The predicted molar refractivity (Wildman–Crippen MR) is 95.9 cm³/mol. The van der Waals surface area contributed by atoms with Gasteiger partial charge < -0.3 is 4.90 Å². The first kappa shape index (κ1) is 16.3. The van der Waals surface area contributed by atoms with Crippen LogP contribution in [0.3, 0.4) is 0 Å². The Labute approximate surface area is 140 Å². The number of rotatable bonds is 5.